The van der Waals surface area contributed by atoms with Crippen LogP contribution in [0.25, 0.3) is 0 Å². The van der Waals surface area contributed by atoms with Gasteiger partial charge in [-0.15, -0.1) is 0 Å². The van der Waals surface area contributed by atoms with E-state index in [-0.39, 0.29) is 13.0 Å². The van der Waals surface area contributed by atoms with Crippen molar-refractivity contribution >= 4 is 12.3 Å². The van der Waals surface area contributed by atoms with Crippen LogP contribution in [0.5, 0.6) is 0 Å². The summed E-state index contributed by atoms with van der Waals surface area (Å²) in [6.45, 7) is 4.10. The van der Waals surface area contributed by atoms with E-state index in [0.717, 1.165) is 6.29 Å². The number of piperidine rings is 1. The highest BCUT2D eigenvalue weighted by Gasteiger charge is 2.63. The number of rotatable bonds is 4. The van der Waals surface area contributed by atoms with Crippen LogP contribution in [0.4, 0.5) is 0 Å². The van der Waals surface area contributed by atoms with Gasteiger partial charge in [-0.2, -0.15) is 0 Å². The van der Waals surface area contributed by atoms with Crippen molar-refractivity contribution in [2.45, 2.75) is 25.6 Å². The Morgan fingerprint density at radius 1 is 1.42 bits per heavy atom. The molecule has 2 rings (SSSR count). The summed E-state index contributed by atoms with van der Waals surface area (Å²) in [5.74, 6) is -1.44. The van der Waals surface area contributed by atoms with E-state index in [0.29, 0.717) is 32.7 Å². The summed E-state index contributed by atoms with van der Waals surface area (Å²) in [6, 6.07) is 0. The Labute approximate surface area is 113 Å². The fraction of sp³-hybridized carbons (Fsp3) is 0.846. The number of nitrogens with zero attached hydrogens (tertiary/aromatic N) is 1. The van der Waals surface area contributed by atoms with E-state index in [2.05, 4.69) is 0 Å². The first-order valence-electron chi connectivity index (χ1n) is 6.67. The maximum atomic E-state index is 12.4. The van der Waals surface area contributed by atoms with E-state index in [1.54, 1.807) is 6.92 Å². The molecule has 0 N–H and O–H groups in total. The molecule has 0 aromatic rings. The second-order valence-corrected chi connectivity index (χ2v) is 5.11. The minimum atomic E-state index is -1.05. The molecule has 108 valence electrons. The third kappa shape index (κ3) is 2.28. The number of carbonyl (C=O) groups excluding carboxylic acids is 2. The van der Waals surface area contributed by atoms with Crippen LogP contribution in [0.15, 0.2) is 0 Å². The fourth-order valence-electron chi connectivity index (χ4n) is 2.99. The van der Waals surface area contributed by atoms with Crippen molar-refractivity contribution in [3.63, 3.8) is 0 Å². The molecule has 0 bridgehead atoms. The molecule has 0 radical (unpaired) electrons. The Kier molecular flexibility index (Phi) is 4.23. The lowest BCUT2D eigenvalue weighted by Crippen LogP contribution is -2.64. The van der Waals surface area contributed by atoms with Gasteiger partial charge in [0.25, 0.3) is 0 Å². The molecule has 19 heavy (non-hydrogen) atoms. The number of hydrogen-bond acceptors (Lipinski definition) is 6. The molecule has 2 heterocycles. The van der Waals surface area contributed by atoms with Crippen LogP contribution in [0.3, 0.4) is 0 Å². The molecule has 0 aromatic carbocycles. The molecular formula is C13H21NO5. The molecule has 0 aromatic heterocycles. The Morgan fingerprint density at radius 3 is 2.68 bits per heavy atom. The molecule has 2 fully saturated rings. The van der Waals surface area contributed by atoms with Gasteiger partial charge in [-0.25, -0.2) is 0 Å². The van der Waals surface area contributed by atoms with Crippen LogP contribution in [-0.4, -0.2) is 62.9 Å². The molecule has 2 aliphatic rings. The average Bonchev–Trinajstić information content (AvgIpc) is 2.83. The third-order valence-corrected chi connectivity index (χ3v) is 3.98. The van der Waals surface area contributed by atoms with E-state index < -0.39 is 17.2 Å². The second kappa shape index (κ2) is 5.56. The van der Waals surface area contributed by atoms with Gasteiger partial charge >= 0.3 is 5.97 Å². The van der Waals surface area contributed by atoms with Crippen molar-refractivity contribution in [3.8, 4) is 0 Å². The summed E-state index contributed by atoms with van der Waals surface area (Å²) >= 11 is 0. The van der Waals surface area contributed by atoms with Crippen molar-refractivity contribution in [1.29, 1.82) is 0 Å². The average molecular weight is 271 g/mol. The van der Waals surface area contributed by atoms with Crippen LogP contribution < -0.4 is 0 Å². The zero-order valence-corrected chi connectivity index (χ0v) is 11.5. The van der Waals surface area contributed by atoms with Crippen LogP contribution in [-0.2, 0) is 23.8 Å². The van der Waals surface area contributed by atoms with Crippen LogP contribution in [0, 0.1) is 5.41 Å². The van der Waals surface area contributed by atoms with Crippen molar-refractivity contribution in [1.82, 2.24) is 4.90 Å². The minimum absolute atomic E-state index is 0.0691. The Morgan fingerprint density at radius 2 is 2.11 bits per heavy atom. The number of hydrogen-bond donors (Lipinski definition) is 0. The van der Waals surface area contributed by atoms with Gasteiger partial charge in [0.05, 0.1) is 26.4 Å². The van der Waals surface area contributed by atoms with Crippen molar-refractivity contribution in [3.05, 3.63) is 0 Å². The van der Waals surface area contributed by atoms with E-state index in [9.17, 15) is 9.59 Å². The Balaban J connectivity index is 2.37. The molecule has 1 spiro atoms. The summed E-state index contributed by atoms with van der Waals surface area (Å²) in [4.78, 5) is 25.5. The number of aldehydes is 1. The molecule has 6 nitrogen and oxygen atoms in total. The lowest BCUT2D eigenvalue weighted by Gasteiger charge is -2.49. The van der Waals surface area contributed by atoms with Crippen LogP contribution in [0.1, 0.15) is 19.8 Å². The van der Waals surface area contributed by atoms with Gasteiger partial charge < -0.3 is 23.9 Å². The number of likely N-dealkylation sites (N-methyl/N-ethyl adjacent to an activating group) is 1. The zero-order chi connectivity index (χ0) is 13.9. The summed E-state index contributed by atoms with van der Waals surface area (Å²) in [5, 5.41) is 0. The van der Waals surface area contributed by atoms with Gasteiger partial charge in [0.15, 0.2) is 5.79 Å². The normalized spacial score (nSPS) is 30.4. The number of esters is 1. The van der Waals surface area contributed by atoms with Gasteiger partial charge in [-0.1, -0.05) is 0 Å². The first-order chi connectivity index (χ1) is 9.10. The Bertz CT molecular complexity index is 353. The van der Waals surface area contributed by atoms with E-state index in [4.69, 9.17) is 14.2 Å². The highest BCUT2D eigenvalue weighted by molar-refractivity contribution is 5.81. The largest absolute Gasteiger partial charge is 0.465 e. The molecule has 1 atom stereocenters. The van der Waals surface area contributed by atoms with Gasteiger partial charge in [0, 0.05) is 6.42 Å². The number of likely N-dealkylation sites (tertiary alicyclic amines) is 1. The highest BCUT2D eigenvalue weighted by Crippen LogP contribution is 2.48. The predicted molar refractivity (Wildman–Crippen MR) is 66.5 cm³/mol. The van der Waals surface area contributed by atoms with Gasteiger partial charge in [0.2, 0.25) is 0 Å². The van der Waals surface area contributed by atoms with Crippen molar-refractivity contribution < 1.29 is 23.8 Å². The fourth-order valence-corrected chi connectivity index (χ4v) is 2.99. The summed E-state index contributed by atoms with van der Waals surface area (Å²) in [7, 11) is 1.95. The van der Waals surface area contributed by atoms with E-state index in [1.165, 1.54) is 0 Å². The number of carbonyl (C=O) groups is 2. The molecule has 6 heteroatoms. The lowest BCUT2D eigenvalue weighted by atomic mass is 9.71. The predicted octanol–water partition coefficient (Wildman–Crippen LogP) is 0.204. The van der Waals surface area contributed by atoms with Gasteiger partial charge in [-0.05, 0) is 26.9 Å². The molecule has 1 unspecified atom stereocenters. The molecule has 0 saturated carbocycles. The molecule has 0 aliphatic carbocycles. The molecule has 0 amide bonds. The standard InChI is InChI=1S/C13H21NO5/c1-3-17-11(16)12(5-7-15)4-6-14(2)10-13(12)18-8-9-19-13/h7H,3-6,8-10H2,1-2H3. The first kappa shape index (κ1) is 14.4. The summed E-state index contributed by atoms with van der Waals surface area (Å²) in [6.07, 6.45) is 1.33. The van der Waals surface area contributed by atoms with E-state index >= 15 is 0 Å². The summed E-state index contributed by atoms with van der Waals surface area (Å²) < 4.78 is 16.7. The molecular weight excluding hydrogens is 250 g/mol. The lowest BCUT2D eigenvalue weighted by molar-refractivity contribution is -0.265. The van der Waals surface area contributed by atoms with Crippen LogP contribution in [0.2, 0.25) is 0 Å². The molecule has 2 aliphatic heterocycles. The minimum Gasteiger partial charge on any atom is -0.465 e. The molecule has 2 saturated heterocycles. The Hall–Kier alpha value is -0.980. The van der Waals surface area contributed by atoms with E-state index in [1.807, 2.05) is 11.9 Å². The highest BCUT2D eigenvalue weighted by atomic mass is 16.7. The SMILES string of the molecule is CCOC(=O)C1(CC=O)CCN(C)CC12OCCO2. The van der Waals surface area contributed by atoms with Crippen molar-refractivity contribution in [2.75, 3.05) is 40.0 Å². The summed E-state index contributed by atoms with van der Waals surface area (Å²) in [5.41, 5.74) is -1.02. The maximum Gasteiger partial charge on any atom is 0.318 e. The smallest absolute Gasteiger partial charge is 0.318 e. The quantitative estimate of drug-likeness (QED) is 0.538. The first-order valence-corrected chi connectivity index (χ1v) is 6.67. The second-order valence-electron chi connectivity index (χ2n) is 5.11. The van der Waals surface area contributed by atoms with Gasteiger partial charge in [0.1, 0.15) is 11.7 Å². The monoisotopic (exact) mass is 271 g/mol. The van der Waals surface area contributed by atoms with Crippen molar-refractivity contribution in [2.24, 2.45) is 5.41 Å². The van der Waals surface area contributed by atoms with Crippen LogP contribution >= 0.6 is 0 Å². The topological polar surface area (TPSA) is 65.1 Å². The van der Waals surface area contributed by atoms with Gasteiger partial charge in [-0.3, -0.25) is 4.79 Å². The number of ether oxygens (including phenoxy) is 3. The maximum absolute atomic E-state index is 12.4. The third-order valence-electron chi connectivity index (χ3n) is 3.98. The zero-order valence-electron chi connectivity index (χ0n) is 11.5.